The van der Waals surface area contributed by atoms with E-state index in [1.807, 2.05) is 0 Å². The second-order valence-electron chi connectivity index (χ2n) is 4.32. The molecule has 0 aromatic rings. The standard InChI is InChI=1S/C11H22O4Si.H2S/c1-13-16(14-2,15-3)9-8-10-4-6-11(12)7-5-10;/h10H,4-9H2,1-3H3;1H2. The molecular weight excluding hydrogens is 256 g/mol. The van der Waals surface area contributed by atoms with Crippen LogP contribution in [0.25, 0.3) is 0 Å². The summed E-state index contributed by atoms with van der Waals surface area (Å²) in [7, 11) is 2.52. The molecule has 0 aliphatic heterocycles. The maximum Gasteiger partial charge on any atom is 0.500 e. The second kappa shape index (κ2) is 8.26. The summed E-state index contributed by atoms with van der Waals surface area (Å²) in [4.78, 5) is 11.1. The van der Waals surface area contributed by atoms with Gasteiger partial charge in [0.05, 0.1) is 0 Å². The molecule has 0 spiro atoms. The number of hydrogen-bond donors (Lipinski definition) is 0. The molecule has 0 atom stereocenters. The van der Waals surface area contributed by atoms with Crippen molar-refractivity contribution < 1.29 is 18.1 Å². The van der Waals surface area contributed by atoms with Gasteiger partial charge < -0.3 is 13.3 Å². The van der Waals surface area contributed by atoms with Crippen LogP contribution < -0.4 is 0 Å². The van der Waals surface area contributed by atoms with E-state index in [1.165, 1.54) is 0 Å². The lowest BCUT2D eigenvalue weighted by Crippen LogP contribution is -2.43. The summed E-state index contributed by atoms with van der Waals surface area (Å²) in [6.07, 6.45) is 4.55. The van der Waals surface area contributed by atoms with E-state index in [4.69, 9.17) is 13.3 Å². The van der Waals surface area contributed by atoms with Crippen LogP contribution in [-0.2, 0) is 18.1 Å². The Bertz CT molecular complexity index is 215. The number of carbonyl (C=O) groups is 1. The zero-order valence-electron chi connectivity index (χ0n) is 11.0. The number of rotatable bonds is 6. The molecule has 0 N–H and O–H groups in total. The van der Waals surface area contributed by atoms with Crippen LogP contribution in [0.4, 0.5) is 0 Å². The van der Waals surface area contributed by atoms with Gasteiger partial charge in [-0.25, -0.2) is 0 Å². The first-order valence-corrected chi connectivity index (χ1v) is 7.76. The summed E-state index contributed by atoms with van der Waals surface area (Å²) in [6, 6.07) is 0.843. The normalized spacial score (nSPS) is 17.9. The molecule has 4 nitrogen and oxygen atoms in total. The zero-order valence-corrected chi connectivity index (χ0v) is 13.0. The van der Waals surface area contributed by atoms with Crippen molar-refractivity contribution in [2.45, 2.75) is 38.1 Å². The number of hydrogen-bond acceptors (Lipinski definition) is 4. The second-order valence-corrected chi connectivity index (χ2v) is 7.41. The van der Waals surface area contributed by atoms with Crippen LogP contribution in [0.1, 0.15) is 32.1 Å². The number of carbonyl (C=O) groups excluding carboxylic acids is 1. The summed E-state index contributed by atoms with van der Waals surface area (Å²) < 4.78 is 16.1. The topological polar surface area (TPSA) is 44.8 Å². The van der Waals surface area contributed by atoms with Gasteiger partial charge in [0.15, 0.2) is 0 Å². The highest BCUT2D eigenvalue weighted by atomic mass is 32.1. The van der Waals surface area contributed by atoms with Gasteiger partial charge in [-0.2, -0.15) is 13.5 Å². The Labute approximate surface area is 112 Å². The number of Topliss-reactive ketones (excluding diaryl/α,β-unsaturated/α-hetero) is 1. The molecule has 0 aromatic carbocycles. The predicted molar refractivity (Wildman–Crippen MR) is 73.6 cm³/mol. The molecule has 0 amide bonds. The van der Waals surface area contributed by atoms with Gasteiger partial charge in [-0.05, 0) is 25.2 Å². The van der Waals surface area contributed by atoms with Crippen LogP contribution in [0.3, 0.4) is 0 Å². The van der Waals surface area contributed by atoms with E-state index < -0.39 is 8.80 Å². The van der Waals surface area contributed by atoms with Crippen molar-refractivity contribution >= 4 is 28.1 Å². The highest BCUT2D eigenvalue weighted by molar-refractivity contribution is 7.59. The minimum Gasteiger partial charge on any atom is -0.377 e. The van der Waals surface area contributed by atoms with Crippen molar-refractivity contribution in [3.63, 3.8) is 0 Å². The van der Waals surface area contributed by atoms with Crippen LogP contribution in [0.15, 0.2) is 0 Å². The monoisotopic (exact) mass is 280 g/mol. The van der Waals surface area contributed by atoms with E-state index in [2.05, 4.69) is 0 Å². The zero-order chi connectivity index (χ0) is 12.0. The summed E-state index contributed by atoms with van der Waals surface area (Å²) in [5.41, 5.74) is 0. The fourth-order valence-electron chi connectivity index (χ4n) is 2.23. The number of ketones is 1. The summed E-state index contributed by atoms with van der Waals surface area (Å²) in [6.45, 7) is 0. The van der Waals surface area contributed by atoms with Gasteiger partial charge in [0.25, 0.3) is 0 Å². The molecule has 0 unspecified atom stereocenters. The molecule has 0 radical (unpaired) electrons. The van der Waals surface area contributed by atoms with E-state index in [-0.39, 0.29) is 13.5 Å². The first kappa shape index (κ1) is 17.1. The molecule has 1 fully saturated rings. The Morgan fingerprint density at radius 2 is 1.59 bits per heavy atom. The smallest absolute Gasteiger partial charge is 0.377 e. The van der Waals surface area contributed by atoms with E-state index in [1.54, 1.807) is 21.3 Å². The first-order chi connectivity index (χ1) is 7.65. The quantitative estimate of drug-likeness (QED) is 0.699. The van der Waals surface area contributed by atoms with Crippen LogP contribution in [0.5, 0.6) is 0 Å². The van der Waals surface area contributed by atoms with Crippen molar-refractivity contribution in [3.8, 4) is 0 Å². The Kier molecular flexibility index (Phi) is 8.32. The van der Waals surface area contributed by atoms with Gasteiger partial charge in [0, 0.05) is 40.2 Å². The van der Waals surface area contributed by atoms with Crippen LogP contribution in [-0.4, -0.2) is 35.9 Å². The molecule has 1 rings (SSSR count). The molecule has 1 aliphatic carbocycles. The van der Waals surface area contributed by atoms with Crippen molar-refractivity contribution in [1.29, 1.82) is 0 Å². The fraction of sp³-hybridized carbons (Fsp3) is 0.909. The molecular formula is C11H24O4SSi. The van der Waals surface area contributed by atoms with E-state index in [0.29, 0.717) is 11.7 Å². The third-order valence-corrected chi connectivity index (χ3v) is 6.22. The van der Waals surface area contributed by atoms with Gasteiger partial charge in [0.1, 0.15) is 5.78 Å². The molecule has 1 saturated carbocycles. The van der Waals surface area contributed by atoms with E-state index in [9.17, 15) is 4.79 Å². The third kappa shape index (κ3) is 5.09. The molecule has 102 valence electrons. The molecule has 17 heavy (non-hydrogen) atoms. The van der Waals surface area contributed by atoms with Crippen molar-refractivity contribution in [1.82, 2.24) is 0 Å². The molecule has 0 bridgehead atoms. The van der Waals surface area contributed by atoms with E-state index >= 15 is 0 Å². The minimum atomic E-state index is -2.40. The van der Waals surface area contributed by atoms with Gasteiger partial charge in [-0.1, -0.05) is 0 Å². The van der Waals surface area contributed by atoms with Gasteiger partial charge >= 0.3 is 8.80 Å². The molecule has 0 heterocycles. The van der Waals surface area contributed by atoms with Crippen molar-refractivity contribution in [2.24, 2.45) is 5.92 Å². The van der Waals surface area contributed by atoms with Crippen LogP contribution in [0.2, 0.25) is 6.04 Å². The average Bonchev–Trinajstić information content (AvgIpc) is 2.34. The predicted octanol–water partition coefficient (Wildman–Crippen LogP) is 2.13. The fourth-order valence-corrected chi connectivity index (χ4v) is 4.10. The van der Waals surface area contributed by atoms with Gasteiger partial charge in [-0.15, -0.1) is 0 Å². The van der Waals surface area contributed by atoms with Crippen molar-refractivity contribution in [2.75, 3.05) is 21.3 Å². The minimum absolute atomic E-state index is 0. The lowest BCUT2D eigenvalue weighted by molar-refractivity contribution is -0.121. The maximum absolute atomic E-state index is 11.1. The molecule has 6 heteroatoms. The highest BCUT2D eigenvalue weighted by Gasteiger charge is 2.38. The van der Waals surface area contributed by atoms with Crippen LogP contribution >= 0.6 is 13.5 Å². The Morgan fingerprint density at radius 1 is 1.12 bits per heavy atom. The maximum atomic E-state index is 11.1. The Morgan fingerprint density at radius 3 is 2.00 bits per heavy atom. The summed E-state index contributed by atoms with van der Waals surface area (Å²) in [5, 5.41) is 0. The van der Waals surface area contributed by atoms with Crippen LogP contribution in [0, 0.1) is 5.92 Å². The summed E-state index contributed by atoms with van der Waals surface area (Å²) >= 11 is 0. The molecule has 0 aromatic heterocycles. The highest BCUT2D eigenvalue weighted by Crippen LogP contribution is 2.28. The van der Waals surface area contributed by atoms with Gasteiger partial charge in [-0.3, -0.25) is 4.79 Å². The molecule has 0 saturated heterocycles. The molecule has 1 aliphatic rings. The Hall–Kier alpha value is 0.117. The lowest BCUT2D eigenvalue weighted by atomic mass is 9.87. The lowest BCUT2D eigenvalue weighted by Gasteiger charge is -2.27. The largest absolute Gasteiger partial charge is 0.500 e. The Balaban J connectivity index is 0.00000256. The van der Waals surface area contributed by atoms with E-state index in [0.717, 1.165) is 38.1 Å². The van der Waals surface area contributed by atoms with Crippen molar-refractivity contribution in [3.05, 3.63) is 0 Å². The first-order valence-electron chi connectivity index (χ1n) is 5.83. The SMILES string of the molecule is CO[Si](CCC1CCC(=O)CC1)(OC)OC.S. The summed E-state index contributed by atoms with van der Waals surface area (Å²) in [5.74, 6) is 1.04. The average molecular weight is 280 g/mol. The third-order valence-electron chi connectivity index (χ3n) is 3.45. The van der Waals surface area contributed by atoms with Gasteiger partial charge in [0.2, 0.25) is 0 Å².